The maximum absolute atomic E-state index is 12.4. The molecule has 7 nitrogen and oxygen atoms in total. The molecule has 0 aliphatic heterocycles. The van der Waals surface area contributed by atoms with E-state index in [1.54, 1.807) is 33.8 Å². The van der Waals surface area contributed by atoms with Crippen LogP contribution in [0.4, 0.5) is 4.79 Å². The van der Waals surface area contributed by atoms with E-state index in [1.165, 1.54) is 16.5 Å². The molecule has 0 aromatic carbocycles. The number of fused-ring (bicyclic) bond motifs is 1. The number of halogens is 1. The van der Waals surface area contributed by atoms with Crippen LogP contribution >= 0.6 is 38.6 Å². The summed E-state index contributed by atoms with van der Waals surface area (Å²) in [4.78, 5) is 33.0. The van der Waals surface area contributed by atoms with Gasteiger partial charge in [0.1, 0.15) is 12.4 Å². The van der Waals surface area contributed by atoms with Gasteiger partial charge in [0.05, 0.1) is 34.9 Å². The molecule has 0 spiro atoms. The van der Waals surface area contributed by atoms with Crippen LogP contribution in [-0.2, 0) is 16.1 Å². The molecule has 3 heterocycles. The van der Waals surface area contributed by atoms with Gasteiger partial charge in [-0.15, -0.1) is 22.7 Å². The molecule has 0 saturated carbocycles. The molecule has 0 radical (unpaired) electrons. The van der Waals surface area contributed by atoms with Crippen molar-refractivity contribution in [1.29, 1.82) is 0 Å². The number of imidazole rings is 1. The van der Waals surface area contributed by atoms with Crippen LogP contribution in [0.25, 0.3) is 20.7 Å². The van der Waals surface area contributed by atoms with Crippen LogP contribution in [-0.4, -0.2) is 47.1 Å². The van der Waals surface area contributed by atoms with Crippen molar-refractivity contribution in [2.24, 2.45) is 0 Å². The van der Waals surface area contributed by atoms with Gasteiger partial charge in [-0.3, -0.25) is 4.79 Å². The lowest BCUT2D eigenvalue weighted by molar-refractivity contribution is -0.130. The Kier molecular flexibility index (Phi) is 6.51. The van der Waals surface area contributed by atoms with Crippen molar-refractivity contribution in [3.63, 3.8) is 0 Å². The fraction of sp³-hybridized carbons (Fsp3) is 0.353. The molecule has 0 bridgehead atoms. The lowest BCUT2D eigenvalue weighted by Gasteiger charge is -2.21. The summed E-state index contributed by atoms with van der Waals surface area (Å²) in [5.41, 5.74) is 2.05. The van der Waals surface area contributed by atoms with E-state index >= 15 is 0 Å². The van der Waals surface area contributed by atoms with E-state index in [0.717, 1.165) is 22.2 Å². The number of aromatic amines is 1. The highest BCUT2D eigenvalue weighted by molar-refractivity contribution is 9.10. The molecular formula is C17H19BrN4O3S2. The number of carbonyl (C=O) groups excluding carboxylic acids is 2. The Bertz CT molecular complexity index is 949. The van der Waals surface area contributed by atoms with Gasteiger partial charge in [0.25, 0.3) is 0 Å². The molecule has 144 valence electrons. The van der Waals surface area contributed by atoms with Crippen LogP contribution in [0, 0.1) is 0 Å². The van der Waals surface area contributed by atoms with Crippen molar-refractivity contribution in [3.05, 3.63) is 27.3 Å². The van der Waals surface area contributed by atoms with Gasteiger partial charge < -0.3 is 19.9 Å². The molecule has 3 rings (SSSR count). The van der Waals surface area contributed by atoms with Crippen molar-refractivity contribution in [1.82, 2.24) is 20.2 Å². The Balaban J connectivity index is 1.72. The summed E-state index contributed by atoms with van der Waals surface area (Å²) >= 11 is 6.94. The first-order valence-corrected chi connectivity index (χ1v) is 10.9. The van der Waals surface area contributed by atoms with Gasteiger partial charge in [-0.05, 0) is 22.4 Å². The van der Waals surface area contributed by atoms with Gasteiger partial charge in [-0.2, -0.15) is 0 Å². The Morgan fingerprint density at radius 1 is 1.33 bits per heavy atom. The minimum atomic E-state index is -0.622. The minimum Gasteiger partial charge on any atom is -0.453 e. The highest BCUT2D eigenvalue weighted by atomic mass is 79.9. The molecular weight excluding hydrogens is 452 g/mol. The first kappa shape index (κ1) is 19.8. The molecule has 3 aromatic rings. The first-order chi connectivity index (χ1) is 13.0. The topological polar surface area (TPSA) is 87.3 Å². The van der Waals surface area contributed by atoms with Crippen molar-refractivity contribution < 1.29 is 14.3 Å². The third-order valence-corrected chi connectivity index (χ3v) is 7.26. The molecule has 0 aliphatic carbocycles. The molecule has 27 heavy (non-hydrogen) atoms. The van der Waals surface area contributed by atoms with Crippen molar-refractivity contribution >= 4 is 60.0 Å². The third kappa shape index (κ3) is 4.50. The second-order valence-corrected chi connectivity index (χ2v) is 8.41. The summed E-state index contributed by atoms with van der Waals surface area (Å²) in [6.45, 7) is 2.84. The number of alkyl carbamates (subject to hydrolysis) is 1. The molecule has 2 N–H and O–H groups in total. The van der Waals surface area contributed by atoms with Crippen LogP contribution in [0.2, 0.25) is 0 Å². The van der Waals surface area contributed by atoms with E-state index in [1.807, 2.05) is 6.92 Å². The fourth-order valence-electron chi connectivity index (χ4n) is 2.63. The average Bonchev–Trinajstić information content (AvgIpc) is 3.37. The Labute approximate surface area is 172 Å². The Hall–Kier alpha value is -1.91. The number of thiophene rings is 2. The van der Waals surface area contributed by atoms with Crippen LogP contribution in [0.1, 0.15) is 19.2 Å². The highest BCUT2D eigenvalue weighted by Crippen LogP contribution is 2.41. The van der Waals surface area contributed by atoms with E-state index in [2.05, 4.69) is 46.7 Å². The van der Waals surface area contributed by atoms with E-state index in [0.29, 0.717) is 18.9 Å². The second kappa shape index (κ2) is 8.85. The first-order valence-electron chi connectivity index (χ1n) is 8.31. The molecule has 2 amide bonds. The van der Waals surface area contributed by atoms with Gasteiger partial charge >= 0.3 is 6.09 Å². The number of hydrogen-bond donors (Lipinski definition) is 2. The van der Waals surface area contributed by atoms with E-state index in [-0.39, 0.29) is 12.5 Å². The number of methoxy groups -OCH3 is 1. The lowest BCUT2D eigenvalue weighted by Crippen LogP contribution is -2.40. The van der Waals surface area contributed by atoms with Crippen LogP contribution < -0.4 is 5.32 Å². The minimum absolute atomic E-state index is 0.103. The third-order valence-electron chi connectivity index (χ3n) is 3.92. The van der Waals surface area contributed by atoms with Crippen LogP contribution in [0.5, 0.6) is 0 Å². The zero-order valence-electron chi connectivity index (χ0n) is 14.9. The summed E-state index contributed by atoms with van der Waals surface area (Å²) in [6, 6.07) is 0. The van der Waals surface area contributed by atoms with E-state index in [9.17, 15) is 9.59 Å². The largest absolute Gasteiger partial charge is 0.453 e. The second-order valence-electron chi connectivity index (χ2n) is 5.80. The van der Waals surface area contributed by atoms with Crippen LogP contribution in [0.3, 0.4) is 0 Å². The van der Waals surface area contributed by atoms with E-state index in [4.69, 9.17) is 0 Å². The number of nitrogens with zero attached hydrogens (tertiary/aromatic N) is 2. The predicted molar refractivity (Wildman–Crippen MR) is 111 cm³/mol. The summed E-state index contributed by atoms with van der Waals surface area (Å²) in [6.07, 6.45) is 1.99. The van der Waals surface area contributed by atoms with E-state index < -0.39 is 6.09 Å². The van der Waals surface area contributed by atoms with Gasteiger partial charge in [-0.25, -0.2) is 9.78 Å². The summed E-state index contributed by atoms with van der Waals surface area (Å²) in [7, 11) is 1.27. The molecule has 0 atom stereocenters. The monoisotopic (exact) mass is 470 g/mol. The highest BCUT2D eigenvalue weighted by Gasteiger charge is 2.17. The smallest absolute Gasteiger partial charge is 0.407 e. The number of aromatic nitrogens is 2. The quantitative estimate of drug-likeness (QED) is 0.541. The normalized spacial score (nSPS) is 10.9. The molecule has 10 heteroatoms. The number of rotatable bonds is 7. The summed E-state index contributed by atoms with van der Waals surface area (Å²) in [5.74, 6) is 0.528. The number of hydrogen-bond acceptors (Lipinski definition) is 6. The average molecular weight is 471 g/mol. The molecule has 0 aliphatic rings. The van der Waals surface area contributed by atoms with Gasteiger partial charge in [0, 0.05) is 27.3 Å². The molecule has 0 saturated heterocycles. The molecule has 0 fully saturated rings. The Morgan fingerprint density at radius 3 is 2.85 bits per heavy atom. The van der Waals surface area contributed by atoms with Crippen molar-refractivity contribution in [2.75, 3.05) is 20.2 Å². The van der Waals surface area contributed by atoms with Gasteiger partial charge in [0.15, 0.2) is 0 Å². The van der Waals surface area contributed by atoms with Gasteiger partial charge in [0.2, 0.25) is 5.91 Å². The lowest BCUT2D eigenvalue weighted by atomic mass is 10.2. The predicted octanol–water partition coefficient (Wildman–Crippen LogP) is 4.21. The standard InChI is InChI=1S/C17H19BrN4O3S2/c1-3-4-22(14(23)6-20-17(24)25-2)7-13-19-5-12(21-13)10-8-26-16-11(18)9-27-15(10)16/h5,8-9H,3-4,6-7H2,1-2H3,(H,19,21)(H,20,24). The maximum Gasteiger partial charge on any atom is 0.407 e. The number of ether oxygens (including phenoxy) is 1. The van der Waals surface area contributed by atoms with Crippen LogP contribution in [0.15, 0.2) is 21.4 Å². The maximum atomic E-state index is 12.4. The number of carbonyl (C=O) groups is 2. The summed E-state index contributed by atoms with van der Waals surface area (Å²) < 4.78 is 8.05. The Morgan fingerprint density at radius 2 is 2.11 bits per heavy atom. The fourth-order valence-corrected chi connectivity index (χ4v) is 5.68. The number of H-pyrrole nitrogens is 1. The number of amides is 2. The summed E-state index contributed by atoms with van der Waals surface area (Å²) in [5, 5.41) is 6.61. The molecule has 3 aromatic heterocycles. The molecule has 0 unspecified atom stereocenters. The number of nitrogens with one attached hydrogen (secondary N) is 2. The zero-order chi connectivity index (χ0) is 19.4. The SMILES string of the molecule is CCCN(Cc1ncc(-c2csc3c(Br)csc23)[nH]1)C(=O)CNC(=O)OC. The zero-order valence-corrected chi connectivity index (χ0v) is 18.1. The van der Waals surface area contributed by atoms with Crippen molar-refractivity contribution in [2.45, 2.75) is 19.9 Å². The van der Waals surface area contributed by atoms with Gasteiger partial charge in [-0.1, -0.05) is 6.92 Å². The van der Waals surface area contributed by atoms with Crippen molar-refractivity contribution in [3.8, 4) is 11.3 Å².